The molecule has 0 radical (unpaired) electrons. The highest BCUT2D eigenvalue weighted by atomic mass is 15.0. The molecule has 144 valence electrons. The minimum atomic E-state index is 0.958. The number of hydrogen-bond donors (Lipinski definition) is 0. The molecule has 3 heteroatoms. The van der Waals surface area contributed by atoms with Crippen molar-refractivity contribution in [1.82, 2.24) is 14.4 Å². The molecule has 31 heavy (non-hydrogen) atoms. The Morgan fingerprint density at radius 3 is 2.16 bits per heavy atom. The number of rotatable bonds is 0. The summed E-state index contributed by atoms with van der Waals surface area (Å²) in [4.78, 5) is 9.61. The molecule has 0 atom stereocenters. The lowest BCUT2D eigenvalue weighted by molar-refractivity contribution is 1.19. The first-order chi connectivity index (χ1) is 15.4. The van der Waals surface area contributed by atoms with E-state index in [2.05, 4.69) is 65.1 Å². The lowest BCUT2D eigenvalue weighted by Gasteiger charge is -2.17. The zero-order valence-corrected chi connectivity index (χ0v) is 16.8. The fraction of sp³-hybridized carbons (Fsp3) is 0.0714. The van der Waals surface area contributed by atoms with Gasteiger partial charge in [0.2, 0.25) is 0 Å². The molecule has 2 aliphatic carbocycles. The van der Waals surface area contributed by atoms with Gasteiger partial charge >= 0.3 is 0 Å². The van der Waals surface area contributed by atoms with Crippen molar-refractivity contribution in [3.8, 4) is 22.3 Å². The maximum Gasteiger partial charge on any atom is 0.146 e. The van der Waals surface area contributed by atoms with Gasteiger partial charge in [-0.25, -0.2) is 9.97 Å². The quantitative estimate of drug-likeness (QED) is 0.287. The van der Waals surface area contributed by atoms with Crippen molar-refractivity contribution in [2.45, 2.75) is 12.8 Å². The molecule has 0 bridgehead atoms. The Bertz CT molecular complexity index is 1740. The third-order valence-corrected chi connectivity index (χ3v) is 7.16. The Kier molecular flexibility index (Phi) is 2.74. The van der Waals surface area contributed by atoms with E-state index in [0.29, 0.717) is 0 Å². The van der Waals surface area contributed by atoms with Gasteiger partial charge in [-0.15, -0.1) is 0 Å². The smallest absolute Gasteiger partial charge is 0.146 e. The van der Waals surface area contributed by atoms with E-state index in [0.717, 1.165) is 24.1 Å². The van der Waals surface area contributed by atoms with Gasteiger partial charge in [0.05, 0.1) is 0 Å². The molecule has 0 saturated heterocycles. The average Bonchev–Trinajstić information content (AvgIpc) is 3.53. The third kappa shape index (κ3) is 1.81. The number of imidazole rings is 1. The Balaban J connectivity index is 1.72. The van der Waals surface area contributed by atoms with E-state index in [1.54, 1.807) is 0 Å². The molecule has 2 aliphatic rings. The highest BCUT2D eigenvalue weighted by molar-refractivity contribution is 6.22. The third-order valence-electron chi connectivity index (χ3n) is 7.16. The Morgan fingerprint density at radius 2 is 1.32 bits per heavy atom. The molecule has 6 aromatic rings. The highest BCUT2D eigenvalue weighted by Gasteiger charge is 2.33. The summed E-state index contributed by atoms with van der Waals surface area (Å²) in [5.41, 5.74) is 13.3. The number of hydrogen-bond acceptors (Lipinski definition) is 2. The summed E-state index contributed by atoms with van der Waals surface area (Å²) >= 11 is 0. The monoisotopic (exact) mass is 395 g/mol. The first-order valence-corrected chi connectivity index (χ1v) is 10.8. The van der Waals surface area contributed by atoms with Crippen LogP contribution in [0, 0.1) is 0 Å². The highest BCUT2D eigenvalue weighted by Crippen LogP contribution is 2.53. The molecule has 8 rings (SSSR count). The summed E-state index contributed by atoms with van der Waals surface area (Å²) in [6.07, 6.45) is 7.77. The second kappa shape index (κ2) is 5.38. The maximum atomic E-state index is 4.84. The Hall–Kier alpha value is -3.98. The number of pyridine rings is 2. The molecule has 0 saturated carbocycles. The van der Waals surface area contributed by atoms with Crippen LogP contribution in [0.25, 0.3) is 49.7 Å². The van der Waals surface area contributed by atoms with Crippen LogP contribution in [-0.4, -0.2) is 14.4 Å². The van der Waals surface area contributed by atoms with Crippen molar-refractivity contribution in [3.63, 3.8) is 0 Å². The molecule has 3 aromatic carbocycles. The zero-order valence-electron chi connectivity index (χ0n) is 16.8. The van der Waals surface area contributed by atoms with Crippen molar-refractivity contribution in [2.75, 3.05) is 0 Å². The van der Waals surface area contributed by atoms with E-state index in [1.165, 1.54) is 60.7 Å². The van der Waals surface area contributed by atoms with E-state index in [1.807, 2.05) is 18.6 Å². The standard InChI is InChI=1S/C28H17N3/c1-3-8-18-16(6-1)15-22-23(18)21-14-17-7-2-4-9-19(17)24(21)25-20-10-5-11-29-27(20)31-13-12-30-28(31)26(22)25/h1-13H,14-15H2. The van der Waals surface area contributed by atoms with Gasteiger partial charge in [-0.1, -0.05) is 48.5 Å². The lowest BCUT2D eigenvalue weighted by atomic mass is 9.88. The molecule has 0 amide bonds. The number of nitrogens with zero attached hydrogens (tertiary/aromatic N) is 3. The molecule has 3 nitrogen and oxygen atoms in total. The van der Waals surface area contributed by atoms with E-state index in [4.69, 9.17) is 9.97 Å². The molecule has 0 spiro atoms. The van der Waals surface area contributed by atoms with Crippen molar-refractivity contribution in [3.05, 3.63) is 102 Å². The molecule has 0 unspecified atom stereocenters. The van der Waals surface area contributed by atoms with Gasteiger partial charge in [0.25, 0.3) is 0 Å². The van der Waals surface area contributed by atoms with Gasteiger partial charge in [-0.05, 0) is 69.5 Å². The fourth-order valence-corrected chi connectivity index (χ4v) is 6.01. The first-order valence-electron chi connectivity index (χ1n) is 10.8. The second-order valence-electron chi connectivity index (χ2n) is 8.62. The van der Waals surface area contributed by atoms with E-state index >= 15 is 0 Å². The number of benzene rings is 3. The summed E-state index contributed by atoms with van der Waals surface area (Å²) in [6.45, 7) is 0. The Morgan fingerprint density at radius 1 is 0.613 bits per heavy atom. The minimum absolute atomic E-state index is 0.958. The predicted molar refractivity (Wildman–Crippen MR) is 124 cm³/mol. The number of fused-ring (bicyclic) bond motifs is 15. The molecule has 3 heterocycles. The van der Waals surface area contributed by atoms with E-state index < -0.39 is 0 Å². The normalized spacial score (nSPS) is 13.5. The van der Waals surface area contributed by atoms with Crippen molar-refractivity contribution < 1.29 is 0 Å². The van der Waals surface area contributed by atoms with Crippen LogP contribution in [0.15, 0.2) is 79.3 Å². The van der Waals surface area contributed by atoms with Crippen LogP contribution in [0.5, 0.6) is 0 Å². The second-order valence-corrected chi connectivity index (χ2v) is 8.62. The summed E-state index contributed by atoms with van der Waals surface area (Å²) in [6, 6.07) is 22.1. The lowest BCUT2D eigenvalue weighted by Crippen LogP contribution is -1.99. The average molecular weight is 395 g/mol. The summed E-state index contributed by atoms with van der Waals surface area (Å²) in [5, 5.41) is 3.80. The molecular formula is C28H17N3. The Labute approximate surface area is 178 Å². The minimum Gasteiger partial charge on any atom is -0.283 e. The van der Waals surface area contributed by atoms with Gasteiger partial charge in [0.1, 0.15) is 11.3 Å². The van der Waals surface area contributed by atoms with Gasteiger partial charge in [-0.2, -0.15) is 0 Å². The van der Waals surface area contributed by atoms with Crippen molar-refractivity contribution >= 4 is 27.5 Å². The van der Waals surface area contributed by atoms with Crippen LogP contribution in [0.4, 0.5) is 0 Å². The first kappa shape index (κ1) is 15.8. The van der Waals surface area contributed by atoms with E-state index in [9.17, 15) is 0 Å². The summed E-state index contributed by atoms with van der Waals surface area (Å²) in [5.74, 6) is 0. The zero-order chi connectivity index (χ0) is 20.1. The SMILES string of the molecule is c1ccc2c(c1)Cc1c-2c2c(c3c4cccnc4n4ccnc4c13)-c1ccccc1C2. The van der Waals surface area contributed by atoms with Crippen molar-refractivity contribution in [2.24, 2.45) is 0 Å². The van der Waals surface area contributed by atoms with Crippen LogP contribution in [-0.2, 0) is 12.8 Å². The van der Waals surface area contributed by atoms with Crippen molar-refractivity contribution in [1.29, 1.82) is 0 Å². The molecule has 0 aliphatic heterocycles. The molecule has 0 fully saturated rings. The maximum absolute atomic E-state index is 4.84. The largest absolute Gasteiger partial charge is 0.283 e. The topological polar surface area (TPSA) is 30.2 Å². The van der Waals surface area contributed by atoms with Gasteiger partial charge in [0, 0.05) is 34.7 Å². The fourth-order valence-electron chi connectivity index (χ4n) is 6.01. The summed E-state index contributed by atoms with van der Waals surface area (Å²) in [7, 11) is 0. The molecular weight excluding hydrogens is 378 g/mol. The number of aromatic nitrogens is 3. The van der Waals surface area contributed by atoms with Crippen LogP contribution in [0.2, 0.25) is 0 Å². The van der Waals surface area contributed by atoms with Crippen LogP contribution in [0.3, 0.4) is 0 Å². The van der Waals surface area contributed by atoms with Gasteiger partial charge < -0.3 is 0 Å². The van der Waals surface area contributed by atoms with Gasteiger partial charge in [-0.3, -0.25) is 4.40 Å². The molecule has 0 N–H and O–H groups in total. The van der Waals surface area contributed by atoms with Crippen LogP contribution >= 0.6 is 0 Å². The predicted octanol–water partition coefficient (Wildman–Crippen LogP) is 6.18. The molecule has 3 aromatic heterocycles. The van der Waals surface area contributed by atoms with E-state index in [-0.39, 0.29) is 0 Å². The van der Waals surface area contributed by atoms with Gasteiger partial charge in [0.15, 0.2) is 0 Å². The van der Waals surface area contributed by atoms with Crippen LogP contribution < -0.4 is 0 Å². The summed E-state index contributed by atoms with van der Waals surface area (Å²) < 4.78 is 2.16. The van der Waals surface area contributed by atoms with Crippen LogP contribution in [0.1, 0.15) is 22.3 Å².